The predicted octanol–water partition coefficient (Wildman–Crippen LogP) is 3.72. The maximum Gasteiger partial charge on any atom is 0.149 e. The minimum atomic E-state index is -0.632. The van der Waals surface area contributed by atoms with E-state index in [0.717, 1.165) is 0 Å². The van der Waals surface area contributed by atoms with Crippen molar-refractivity contribution in [3.63, 3.8) is 0 Å². The molecule has 17 heavy (non-hydrogen) atoms. The van der Waals surface area contributed by atoms with Gasteiger partial charge in [0.1, 0.15) is 23.1 Å². The van der Waals surface area contributed by atoms with Crippen LogP contribution in [0.3, 0.4) is 0 Å². The van der Waals surface area contributed by atoms with E-state index in [2.05, 4.69) is 5.32 Å². The van der Waals surface area contributed by atoms with Gasteiger partial charge in [0.2, 0.25) is 0 Å². The molecule has 0 aliphatic heterocycles. The summed E-state index contributed by atoms with van der Waals surface area (Å²) in [6.45, 7) is 0. The average Bonchev–Trinajstić information content (AvgIpc) is 2.34. The summed E-state index contributed by atoms with van der Waals surface area (Å²) in [5.41, 5.74) is 0.397. The molecule has 2 nitrogen and oxygen atoms in total. The van der Waals surface area contributed by atoms with E-state index in [4.69, 9.17) is 4.74 Å². The van der Waals surface area contributed by atoms with E-state index in [0.29, 0.717) is 11.4 Å². The molecule has 0 radical (unpaired) electrons. The minimum Gasteiger partial charge on any atom is -0.497 e. The topological polar surface area (TPSA) is 21.3 Å². The molecule has 0 unspecified atom stereocenters. The second-order valence-electron chi connectivity index (χ2n) is 3.45. The highest BCUT2D eigenvalue weighted by Crippen LogP contribution is 2.25. The predicted molar refractivity (Wildman–Crippen MR) is 62.6 cm³/mol. The van der Waals surface area contributed by atoms with E-state index >= 15 is 0 Å². The maximum absolute atomic E-state index is 13.4. The van der Waals surface area contributed by atoms with Gasteiger partial charge in [0.05, 0.1) is 7.11 Å². The van der Waals surface area contributed by atoms with E-state index in [9.17, 15) is 8.78 Å². The lowest BCUT2D eigenvalue weighted by molar-refractivity contribution is 0.415. The molecule has 2 rings (SSSR count). The fraction of sp³-hybridized carbons (Fsp3) is 0.0769. The highest BCUT2D eigenvalue weighted by molar-refractivity contribution is 5.62. The van der Waals surface area contributed by atoms with Gasteiger partial charge in [-0.05, 0) is 24.3 Å². The van der Waals surface area contributed by atoms with Gasteiger partial charge >= 0.3 is 0 Å². The molecule has 0 bridgehead atoms. The summed E-state index contributed by atoms with van der Waals surface area (Å²) in [4.78, 5) is 0. The second-order valence-corrected chi connectivity index (χ2v) is 3.45. The number of hydrogen-bond donors (Lipinski definition) is 1. The fourth-order valence-corrected chi connectivity index (χ4v) is 1.46. The molecular formula is C13H11F2NO. The van der Waals surface area contributed by atoms with E-state index in [-0.39, 0.29) is 5.69 Å². The molecule has 0 aliphatic rings. The quantitative estimate of drug-likeness (QED) is 0.875. The summed E-state index contributed by atoms with van der Waals surface area (Å²) in [7, 11) is 1.53. The van der Waals surface area contributed by atoms with Gasteiger partial charge in [0.25, 0.3) is 0 Å². The van der Waals surface area contributed by atoms with Gasteiger partial charge in [0.15, 0.2) is 0 Å². The fourth-order valence-electron chi connectivity index (χ4n) is 1.46. The van der Waals surface area contributed by atoms with Crippen molar-refractivity contribution in [2.24, 2.45) is 0 Å². The van der Waals surface area contributed by atoms with Crippen molar-refractivity contribution in [3.05, 3.63) is 54.1 Å². The Morgan fingerprint density at radius 1 is 1.00 bits per heavy atom. The highest BCUT2D eigenvalue weighted by Gasteiger charge is 2.08. The Bertz CT molecular complexity index is 508. The summed E-state index contributed by atoms with van der Waals surface area (Å²) >= 11 is 0. The van der Waals surface area contributed by atoms with Crippen LogP contribution in [0.5, 0.6) is 5.75 Å². The molecule has 0 atom stereocenters. The van der Waals surface area contributed by atoms with Gasteiger partial charge in [-0.25, -0.2) is 8.78 Å². The minimum absolute atomic E-state index is 0.166. The number of halogens is 2. The number of rotatable bonds is 3. The Kier molecular flexibility index (Phi) is 3.23. The normalized spacial score (nSPS) is 10.1. The Labute approximate surface area is 97.8 Å². The molecule has 2 aromatic carbocycles. The first kappa shape index (κ1) is 11.4. The Hall–Kier alpha value is -2.10. The smallest absolute Gasteiger partial charge is 0.149 e. The van der Waals surface area contributed by atoms with Crippen molar-refractivity contribution in [1.29, 1.82) is 0 Å². The zero-order chi connectivity index (χ0) is 12.3. The van der Waals surface area contributed by atoms with E-state index < -0.39 is 11.6 Å². The van der Waals surface area contributed by atoms with Gasteiger partial charge in [-0.2, -0.15) is 0 Å². The SMILES string of the molecule is COc1cccc(Nc2c(F)cccc2F)c1. The van der Waals surface area contributed by atoms with Crippen molar-refractivity contribution in [2.45, 2.75) is 0 Å². The number of anilines is 2. The summed E-state index contributed by atoms with van der Waals surface area (Å²) in [5, 5.41) is 2.69. The van der Waals surface area contributed by atoms with Crippen LogP contribution in [0.15, 0.2) is 42.5 Å². The standard InChI is InChI=1S/C13H11F2NO/c1-17-10-5-2-4-9(8-10)16-13-11(14)6-3-7-12(13)15/h2-8,16H,1H3. The van der Waals surface area contributed by atoms with Crippen LogP contribution in [0.4, 0.5) is 20.2 Å². The van der Waals surface area contributed by atoms with Crippen LogP contribution in [-0.4, -0.2) is 7.11 Å². The molecule has 0 saturated carbocycles. The van der Waals surface area contributed by atoms with E-state index in [1.54, 1.807) is 24.3 Å². The second kappa shape index (κ2) is 4.82. The molecule has 4 heteroatoms. The largest absolute Gasteiger partial charge is 0.497 e. The molecule has 1 N–H and O–H groups in total. The van der Waals surface area contributed by atoms with Crippen molar-refractivity contribution in [3.8, 4) is 5.75 Å². The first-order chi connectivity index (χ1) is 8.20. The molecule has 0 spiro atoms. The summed E-state index contributed by atoms with van der Waals surface area (Å²) in [6.07, 6.45) is 0. The first-order valence-corrected chi connectivity index (χ1v) is 5.06. The lowest BCUT2D eigenvalue weighted by Gasteiger charge is -2.09. The van der Waals surface area contributed by atoms with Crippen LogP contribution in [0, 0.1) is 11.6 Å². The van der Waals surface area contributed by atoms with Crippen molar-refractivity contribution in [2.75, 3.05) is 12.4 Å². The van der Waals surface area contributed by atoms with Gasteiger partial charge in [-0.1, -0.05) is 12.1 Å². The van der Waals surface area contributed by atoms with Crippen LogP contribution in [0.1, 0.15) is 0 Å². The van der Waals surface area contributed by atoms with E-state index in [1.807, 2.05) is 0 Å². The number of hydrogen-bond acceptors (Lipinski definition) is 2. The van der Waals surface area contributed by atoms with E-state index in [1.165, 1.54) is 25.3 Å². The zero-order valence-electron chi connectivity index (χ0n) is 9.21. The Morgan fingerprint density at radius 2 is 1.65 bits per heavy atom. The van der Waals surface area contributed by atoms with Crippen LogP contribution in [-0.2, 0) is 0 Å². The number of methoxy groups -OCH3 is 1. The molecular weight excluding hydrogens is 224 g/mol. The molecule has 88 valence electrons. The molecule has 2 aromatic rings. The number of ether oxygens (including phenoxy) is 1. The molecule has 0 aliphatic carbocycles. The lowest BCUT2D eigenvalue weighted by Crippen LogP contribution is -1.97. The van der Waals surface area contributed by atoms with Gasteiger partial charge in [-0.15, -0.1) is 0 Å². The number of benzene rings is 2. The van der Waals surface area contributed by atoms with Gasteiger partial charge in [0, 0.05) is 11.8 Å². The van der Waals surface area contributed by atoms with Gasteiger partial charge < -0.3 is 10.1 Å². The average molecular weight is 235 g/mol. The third-order valence-corrected chi connectivity index (χ3v) is 2.30. The van der Waals surface area contributed by atoms with Gasteiger partial charge in [-0.3, -0.25) is 0 Å². The first-order valence-electron chi connectivity index (χ1n) is 5.06. The molecule has 0 aromatic heterocycles. The monoisotopic (exact) mass is 235 g/mol. The molecule has 0 saturated heterocycles. The third kappa shape index (κ3) is 2.53. The summed E-state index contributed by atoms with van der Waals surface area (Å²) < 4.78 is 31.8. The number of para-hydroxylation sites is 1. The van der Waals surface area contributed by atoms with Crippen LogP contribution in [0.25, 0.3) is 0 Å². The van der Waals surface area contributed by atoms with Crippen molar-refractivity contribution >= 4 is 11.4 Å². The molecule has 0 amide bonds. The van der Waals surface area contributed by atoms with Crippen LogP contribution in [0.2, 0.25) is 0 Å². The highest BCUT2D eigenvalue weighted by atomic mass is 19.1. The molecule has 0 fully saturated rings. The van der Waals surface area contributed by atoms with Crippen molar-refractivity contribution in [1.82, 2.24) is 0 Å². The number of nitrogens with one attached hydrogen (secondary N) is 1. The summed E-state index contributed by atoms with van der Waals surface area (Å²) in [6, 6.07) is 10.6. The maximum atomic E-state index is 13.4. The Balaban J connectivity index is 2.31. The lowest BCUT2D eigenvalue weighted by atomic mass is 10.2. The van der Waals surface area contributed by atoms with Crippen LogP contribution < -0.4 is 10.1 Å². The van der Waals surface area contributed by atoms with Crippen LogP contribution >= 0.6 is 0 Å². The Morgan fingerprint density at radius 3 is 2.29 bits per heavy atom. The third-order valence-electron chi connectivity index (χ3n) is 2.30. The summed E-state index contributed by atoms with van der Waals surface area (Å²) in [5.74, 6) is -0.646. The zero-order valence-corrected chi connectivity index (χ0v) is 9.21. The van der Waals surface area contributed by atoms with Crippen molar-refractivity contribution < 1.29 is 13.5 Å². The molecule has 0 heterocycles.